The Kier molecular flexibility index (Phi) is 7.33. The third kappa shape index (κ3) is 4.58. The molecule has 2 atom stereocenters. The molecule has 1 N–H and O–H groups in total. The first-order chi connectivity index (χ1) is 16.5. The highest BCUT2D eigenvalue weighted by atomic mass is 19.1. The predicted molar refractivity (Wildman–Crippen MR) is 124 cm³/mol. The molecule has 2 aromatic carbocycles. The normalized spacial score (nSPS) is 20.6. The second kappa shape index (κ2) is 10.4. The van der Waals surface area contributed by atoms with E-state index in [1.807, 2.05) is 0 Å². The van der Waals surface area contributed by atoms with E-state index in [-0.39, 0.29) is 17.4 Å². The number of fused-ring (bicyclic) bond motifs is 1. The van der Waals surface area contributed by atoms with Crippen LogP contribution in [0.1, 0.15) is 33.4 Å². The van der Waals surface area contributed by atoms with Gasteiger partial charge in [-0.15, -0.1) is 0 Å². The minimum absolute atomic E-state index is 0.283. The Morgan fingerprint density at radius 3 is 2.47 bits per heavy atom. The van der Waals surface area contributed by atoms with Gasteiger partial charge in [0, 0.05) is 44.4 Å². The number of hydrogen-bond acceptors (Lipinski definition) is 6. The maximum atomic E-state index is 14.9. The average Bonchev–Trinajstić information content (AvgIpc) is 2.86. The fourth-order valence-electron chi connectivity index (χ4n) is 4.71. The Hall–Kier alpha value is -3.17. The van der Waals surface area contributed by atoms with Crippen molar-refractivity contribution < 1.29 is 28.2 Å². The van der Waals surface area contributed by atoms with E-state index >= 15 is 0 Å². The first kappa shape index (κ1) is 24.0. The van der Waals surface area contributed by atoms with Gasteiger partial charge in [0.05, 0.1) is 39.4 Å². The zero-order chi connectivity index (χ0) is 24.2. The summed E-state index contributed by atoms with van der Waals surface area (Å²) in [4.78, 5) is 30.6. The molecule has 0 aromatic heterocycles. The van der Waals surface area contributed by atoms with Crippen LogP contribution in [0.5, 0.6) is 11.5 Å². The van der Waals surface area contributed by atoms with E-state index in [0.29, 0.717) is 48.9 Å². The van der Waals surface area contributed by atoms with Gasteiger partial charge in [0.1, 0.15) is 5.82 Å². The smallest absolute Gasteiger partial charge is 0.254 e. The van der Waals surface area contributed by atoms with Gasteiger partial charge in [0.2, 0.25) is 5.91 Å². The monoisotopic (exact) mass is 471 g/mol. The molecule has 34 heavy (non-hydrogen) atoms. The fraction of sp³-hybridized carbons (Fsp3) is 0.440. The molecule has 182 valence electrons. The molecule has 8 nitrogen and oxygen atoms in total. The van der Waals surface area contributed by atoms with Crippen LogP contribution >= 0.6 is 0 Å². The second-order valence-electron chi connectivity index (χ2n) is 8.40. The number of likely N-dealkylation sites (N-methyl/N-ethyl adjacent to an activating group) is 1. The van der Waals surface area contributed by atoms with Gasteiger partial charge in [-0.2, -0.15) is 0 Å². The molecule has 2 aliphatic heterocycles. The van der Waals surface area contributed by atoms with Crippen molar-refractivity contribution >= 4 is 11.8 Å². The van der Waals surface area contributed by atoms with Crippen molar-refractivity contribution in [3.8, 4) is 11.5 Å². The summed E-state index contributed by atoms with van der Waals surface area (Å²) in [6.07, 6.45) is 0. The van der Waals surface area contributed by atoms with Crippen molar-refractivity contribution in [2.75, 3.05) is 60.7 Å². The number of halogens is 1. The maximum Gasteiger partial charge on any atom is 0.254 e. The Balaban J connectivity index is 1.72. The molecular weight excluding hydrogens is 441 g/mol. The summed E-state index contributed by atoms with van der Waals surface area (Å²) < 4.78 is 31.1. The summed E-state index contributed by atoms with van der Waals surface area (Å²) in [5.74, 6) is -1.12. The van der Waals surface area contributed by atoms with E-state index in [2.05, 4.69) is 10.2 Å². The highest BCUT2D eigenvalue weighted by molar-refractivity contribution is 6.02. The SMILES string of the molecule is COc1cc2c(cc1OC)[C@H](C(=O)NCCN1CCOCC1)[C@H](c1ccccc1F)N(C)C2=O. The van der Waals surface area contributed by atoms with Crippen LogP contribution in [0.3, 0.4) is 0 Å². The molecule has 1 saturated heterocycles. The molecule has 0 saturated carbocycles. The Labute approximate surface area is 198 Å². The Bertz CT molecular complexity index is 1060. The predicted octanol–water partition coefficient (Wildman–Crippen LogP) is 2.20. The molecule has 2 aromatic rings. The van der Waals surface area contributed by atoms with Crippen molar-refractivity contribution in [3.05, 3.63) is 58.9 Å². The second-order valence-corrected chi connectivity index (χ2v) is 8.40. The zero-order valence-electron chi connectivity index (χ0n) is 19.7. The lowest BCUT2D eigenvalue weighted by Crippen LogP contribution is -2.47. The number of methoxy groups -OCH3 is 2. The molecule has 0 radical (unpaired) electrons. The van der Waals surface area contributed by atoms with E-state index in [4.69, 9.17) is 14.2 Å². The van der Waals surface area contributed by atoms with Gasteiger partial charge in [-0.1, -0.05) is 18.2 Å². The van der Waals surface area contributed by atoms with E-state index in [9.17, 15) is 14.0 Å². The van der Waals surface area contributed by atoms with Crippen molar-refractivity contribution in [1.82, 2.24) is 15.1 Å². The van der Waals surface area contributed by atoms with Crippen molar-refractivity contribution in [2.24, 2.45) is 0 Å². The van der Waals surface area contributed by atoms with E-state index < -0.39 is 17.8 Å². The third-order valence-corrected chi connectivity index (χ3v) is 6.51. The number of hydrogen-bond donors (Lipinski definition) is 1. The minimum atomic E-state index is -0.834. The van der Waals surface area contributed by atoms with Gasteiger partial charge in [0.25, 0.3) is 5.91 Å². The molecule has 1 fully saturated rings. The van der Waals surface area contributed by atoms with Gasteiger partial charge in [-0.25, -0.2) is 4.39 Å². The van der Waals surface area contributed by atoms with E-state index in [1.54, 1.807) is 37.4 Å². The van der Waals surface area contributed by atoms with Gasteiger partial charge in [-0.05, 0) is 23.8 Å². The maximum absolute atomic E-state index is 14.9. The summed E-state index contributed by atoms with van der Waals surface area (Å²) in [6.45, 7) is 4.09. The van der Waals surface area contributed by atoms with Crippen LogP contribution in [0.2, 0.25) is 0 Å². The molecule has 2 aliphatic rings. The van der Waals surface area contributed by atoms with Crippen LogP contribution in [0.15, 0.2) is 36.4 Å². The molecule has 9 heteroatoms. The highest BCUT2D eigenvalue weighted by Gasteiger charge is 2.44. The van der Waals surface area contributed by atoms with Crippen LogP contribution < -0.4 is 14.8 Å². The molecule has 0 aliphatic carbocycles. The number of ether oxygens (including phenoxy) is 3. The average molecular weight is 472 g/mol. The van der Waals surface area contributed by atoms with Crippen LogP contribution in [0, 0.1) is 5.82 Å². The summed E-state index contributed by atoms with van der Waals surface area (Å²) in [7, 11) is 4.57. The lowest BCUT2D eigenvalue weighted by molar-refractivity contribution is -0.124. The topological polar surface area (TPSA) is 80.3 Å². The minimum Gasteiger partial charge on any atom is -0.493 e. The van der Waals surface area contributed by atoms with E-state index in [0.717, 1.165) is 13.1 Å². The fourth-order valence-corrected chi connectivity index (χ4v) is 4.71. The first-order valence-corrected chi connectivity index (χ1v) is 11.3. The van der Waals surface area contributed by atoms with Gasteiger partial charge in [0.15, 0.2) is 11.5 Å². The number of benzene rings is 2. The summed E-state index contributed by atoms with van der Waals surface area (Å²) >= 11 is 0. The number of nitrogens with zero attached hydrogens (tertiary/aromatic N) is 2. The molecule has 4 rings (SSSR count). The van der Waals surface area contributed by atoms with Crippen LogP contribution in [-0.2, 0) is 9.53 Å². The lowest BCUT2D eigenvalue weighted by Gasteiger charge is -2.40. The standard InChI is InChI=1S/C25H30FN3O5/c1-28-23(16-6-4-5-7-19(16)26)22(24(30)27-8-9-29-10-12-34-13-11-29)17-14-20(32-2)21(33-3)15-18(17)25(28)31/h4-7,14-15,22-23H,8-13H2,1-3H3,(H,27,30)/t22-,23-/m0/s1. The Morgan fingerprint density at radius 1 is 1.12 bits per heavy atom. The molecule has 0 spiro atoms. The Morgan fingerprint density at radius 2 is 1.79 bits per heavy atom. The van der Waals surface area contributed by atoms with Crippen molar-refractivity contribution in [1.29, 1.82) is 0 Å². The van der Waals surface area contributed by atoms with Crippen LogP contribution in [0.4, 0.5) is 4.39 Å². The van der Waals surface area contributed by atoms with Crippen LogP contribution in [-0.4, -0.2) is 82.3 Å². The van der Waals surface area contributed by atoms with Crippen molar-refractivity contribution in [3.63, 3.8) is 0 Å². The number of rotatable bonds is 7. The van der Waals surface area contributed by atoms with Crippen molar-refractivity contribution in [2.45, 2.75) is 12.0 Å². The molecule has 2 heterocycles. The lowest BCUT2D eigenvalue weighted by atomic mass is 9.79. The van der Waals surface area contributed by atoms with Crippen LogP contribution in [0.25, 0.3) is 0 Å². The summed E-state index contributed by atoms with van der Waals surface area (Å²) in [6, 6.07) is 8.66. The molecule has 0 unspecified atom stereocenters. The molecule has 2 amide bonds. The number of carbonyl (C=O) groups is 2. The zero-order valence-corrected chi connectivity index (χ0v) is 19.7. The summed E-state index contributed by atoms with van der Waals surface area (Å²) in [5.41, 5.74) is 1.10. The number of morpholine rings is 1. The van der Waals surface area contributed by atoms with Gasteiger partial charge >= 0.3 is 0 Å². The largest absolute Gasteiger partial charge is 0.493 e. The number of amides is 2. The van der Waals surface area contributed by atoms with E-state index in [1.165, 1.54) is 25.2 Å². The third-order valence-electron chi connectivity index (χ3n) is 6.51. The first-order valence-electron chi connectivity index (χ1n) is 11.3. The number of nitrogens with one attached hydrogen (secondary N) is 1. The van der Waals surface area contributed by atoms with Gasteiger partial charge in [-0.3, -0.25) is 14.5 Å². The molecular formula is C25H30FN3O5. The molecule has 0 bridgehead atoms. The summed E-state index contributed by atoms with van der Waals surface area (Å²) in [5, 5.41) is 3.01. The van der Waals surface area contributed by atoms with Gasteiger partial charge < -0.3 is 24.4 Å². The quantitative estimate of drug-likeness (QED) is 0.667. The highest BCUT2D eigenvalue weighted by Crippen LogP contribution is 2.46. The number of carbonyl (C=O) groups excluding carboxylic acids is 2.